The van der Waals surface area contributed by atoms with E-state index >= 15 is 0 Å². The molecule has 7 nitrogen and oxygen atoms in total. The number of hydrogen-bond acceptors (Lipinski definition) is 3. The second kappa shape index (κ2) is 9.44. The van der Waals surface area contributed by atoms with E-state index in [-0.39, 0.29) is 29.9 Å². The first-order valence-corrected chi connectivity index (χ1v) is 9.31. The van der Waals surface area contributed by atoms with Crippen LogP contribution in [0.1, 0.15) is 46.5 Å². The molecule has 140 valence electrons. The molecule has 0 aromatic carbocycles. The Hall–Kier alpha value is -2.05. The Kier molecular flexibility index (Phi) is 7.28. The van der Waals surface area contributed by atoms with Crippen LogP contribution in [0.4, 0.5) is 4.79 Å². The minimum Gasteiger partial charge on any atom is -0.356 e. The number of piperidine rings is 1. The molecule has 1 fully saturated rings. The molecule has 2 N–H and O–H groups in total. The van der Waals surface area contributed by atoms with Gasteiger partial charge in [-0.1, -0.05) is 13.3 Å². The molecule has 1 saturated heterocycles. The Morgan fingerprint density at radius 1 is 1.36 bits per heavy atom. The lowest BCUT2D eigenvalue weighted by molar-refractivity contribution is -0.126. The van der Waals surface area contributed by atoms with Crippen LogP contribution in [0.5, 0.6) is 0 Å². The second-order valence-corrected chi connectivity index (χ2v) is 7.03. The molecule has 2 heterocycles. The van der Waals surface area contributed by atoms with Gasteiger partial charge in [-0.15, -0.1) is 0 Å². The SMILES string of the molecule is CCCCNC(=O)[C@@H]1CC[C@@H](C)N(C(=O)N[C@@H](C)Cn2ccnc2)C1. The van der Waals surface area contributed by atoms with E-state index in [1.54, 1.807) is 17.4 Å². The van der Waals surface area contributed by atoms with E-state index in [0.29, 0.717) is 13.1 Å². The molecule has 1 aliphatic heterocycles. The monoisotopic (exact) mass is 349 g/mol. The summed E-state index contributed by atoms with van der Waals surface area (Å²) in [6, 6.07) is 0.0546. The average Bonchev–Trinajstić information content (AvgIpc) is 3.08. The van der Waals surface area contributed by atoms with Crippen LogP contribution in [-0.2, 0) is 11.3 Å². The summed E-state index contributed by atoms with van der Waals surface area (Å²) < 4.78 is 1.94. The lowest BCUT2D eigenvalue weighted by Crippen LogP contribution is -2.54. The molecule has 1 aromatic heterocycles. The zero-order chi connectivity index (χ0) is 18.2. The van der Waals surface area contributed by atoms with Gasteiger partial charge in [0.25, 0.3) is 0 Å². The van der Waals surface area contributed by atoms with Crippen LogP contribution in [0.2, 0.25) is 0 Å². The molecular formula is C18H31N5O2. The van der Waals surface area contributed by atoms with Crippen molar-refractivity contribution in [2.75, 3.05) is 13.1 Å². The summed E-state index contributed by atoms with van der Waals surface area (Å²) in [6.45, 7) is 8.01. The minimum atomic E-state index is -0.109. The largest absolute Gasteiger partial charge is 0.356 e. The highest BCUT2D eigenvalue weighted by Gasteiger charge is 2.32. The van der Waals surface area contributed by atoms with Crippen LogP contribution in [0.15, 0.2) is 18.7 Å². The summed E-state index contributed by atoms with van der Waals surface area (Å²) in [4.78, 5) is 30.8. The minimum absolute atomic E-state index is 0.00680. The van der Waals surface area contributed by atoms with Gasteiger partial charge >= 0.3 is 6.03 Å². The fourth-order valence-corrected chi connectivity index (χ4v) is 3.19. The van der Waals surface area contributed by atoms with Crippen LogP contribution in [0, 0.1) is 5.92 Å². The highest BCUT2D eigenvalue weighted by atomic mass is 16.2. The molecule has 1 aliphatic rings. The van der Waals surface area contributed by atoms with Crippen molar-refractivity contribution in [3.8, 4) is 0 Å². The number of likely N-dealkylation sites (tertiary alicyclic amines) is 1. The second-order valence-electron chi connectivity index (χ2n) is 7.03. The van der Waals surface area contributed by atoms with E-state index in [0.717, 1.165) is 32.2 Å². The number of nitrogens with zero attached hydrogens (tertiary/aromatic N) is 3. The third kappa shape index (κ3) is 5.76. The molecule has 0 aliphatic carbocycles. The molecule has 3 amide bonds. The van der Waals surface area contributed by atoms with E-state index < -0.39 is 0 Å². The van der Waals surface area contributed by atoms with Gasteiger partial charge in [-0.2, -0.15) is 0 Å². The van der Waals surface area contributed by atoms with Gasteiger partial charge in [0.15, 0.2) is 0 Å². The zero-order valence-electron chi connectivity index (χ0n) is 15.6. The zero-order valence-corrected chi connectivity index (χ0v) is 15.6. The number of imidazole rings is 1. The van der Waals surface area contributed by atoms with Crippen molar-refractivity contribution in [3.63, 3.8) is 0 Å². The molecule has 0 spiro atoms. The van der Waals surface area contributed by atoms with Crippen LogP contribution < -0.4 is 10.6 Å². The van der Waals surface area contributed by atoms with E-state index in [9.17, 15) is 9.59 Å². The maximum absolute atomic E-state index is 12.6. The number of carbonyl (C=O) groups is 2. The van der Waals surface area contributed by atoms with Crippen molar-refractivity contribution in [3.05, 3.63) is 18.7 Å². The van der Waals surface area contributed by atoms with Crippen LogP contribution >= 0.6 is 0 Å². The summed E-state index contributed by atoms with van der Waals surface area (Å²) in [5.74, 6) is -0.0348. The molecule has 0 saturated carbocycles. The normalized spacial score (nSPS) is 21.6. The van der Waals surface area contributed by atoms with Gasteiger partial charge in [0, 0.05) is 44.1 Å². The molecule has 1 aromatic rings. The Bertz CT molecular complexity index is 546. The first-order chi connectivity index (χ1) is 12.0. The molecule has 0 bridgehead atoms. The number of unbranched alkanes of at least 4 members (excludes halogenated alkanes) is 1. The van der Waals surface area contributed by atoms with Crippen LogP contribution in [-0.4, -0.2) is 51.6 Å². The molecule has 0 radical (unpaired) electrons. The van der Waals surface area contributed by atoms with Crippen molar-refractivity contribution in [1.29, 1.82) is 0 Å². The molecule has 3 atom stereocenters. The number of nitrogens with one attached hydrogen (secondary N) is 2. The Morgan fingerprint density at radius 2 is 2.16 bits per heavy atom. The fourth-order valence-electron chi connectivity index (χ4n) is 3.19. The van der Waals surface area contributed by atoms with Gasteiger partial charge in [-0.05, 0) is 33.1 Å². The Labute approximate surface area is 150 Å². The van der Waals surface area contributed by atoms with Crippen LogP contribution in [0.3, 0.4) is 0 Å². The number of rotatable bonds is 7. The summed E-state index contributed by atoms with van der Waals surface area (Å²) >= 11 is 0. The maximum atomic E-state index is 12.6. The lowest BCUT2D eigenvalue weighted by atomic mass is 9.93. The van der Waals surface area contributed by atoms with Crippen LogP contribution in [0.25, 0.3) is 0 Å². The van der Waals surface area contributed by atoms with Gasteiger partial charge in [-0.25, -0.2) is 9.78 Å². The van der Waals surface area contributed by atoms with Crippen molar-refractivity contribution in [2.45, 2.75) is 65.1 Å². The third-order valence-electron chi connectivity index (χ3n) is 4.76. The van der Waals surface area contributed by atoms with Gasteiger partial charge in [0.2, 0.25) is 5.91 Å². The Morgan fingerprint density at radius 3 is 2.84 bits per heavy atom. The van der Waals surface area contributed by atoms with Gasteiger partial charge in [0.1, 0.15) is 0 Å². The van der Waals surface area contributed by atoms with Crippen molar-refractivity contribution in [2.24, 2.45) is 5.92 Å². The standard InChI is InChI=1S/C18H31N5O2/c1-4-5-8-20-17(24)16-7-6-15(3)23(12-16)18(25)21-14(2)11-22-10-9-19-13-22/h9-10,13-16H,4-8,11-12H2,1-3H3,(H,20,24)(H,21,25)/t14-,15+,16+/m0/s1. The summed E-state index contributed by atoms with van der Waals surface area (Å²) in [5, 5.41) is 6.03. The number of amides is 3. The summed E-state index contributed by atoms with van der Waals surface area (Å²) in [7, 11) is 0. The number of urea groups is 1. The predicted molar refractivity (Wildman–Crippen MR) is 97.0 cm³/mol. The summed E-state index contributed by atoms with van der Waals surface area (Å²) in [5.41, 5.74) is 0. The van der Waals surface area contributed by atoms with E-state index in [1.165, 1.54) is 0 Å². The maximum Gasteiger partial charge on any atom is 0.317 e. The van der Waals surface area contributed by atoms with Gasteiger partial charge in [-0.3, -0.25) is 4.79 Å². The first-order valence-electron chi connectivity index (χ1n) is 9.31. The quantitative estimate of drug-likeness (QED) is 0.739. The number of hydrogen-bond donors (Lipinski definition) is 2. The summed E-state index contributed by atoms with van der Waals surface area (Å²) in [6.07, 6.45) is 9.09. The number of aromatic nitrogens is 2. The lowest BCUT2D eigenvalue weighted by Gasteiger charge is -2.38. The highest BCUT2D eigenvalue weighted by Crippen LogP contribution is 2.22. The topological polar surface area (TPSA) is 79.3 Å². The smallest absolute Gasteiger partial charge is 0.317 e. The van der Waals surface area contributed by atoms with E-state index in [2.05, 4.69) is 22.5 Å². The van der Waals surface area contributed by atoms with E-state index in [4.69, 9.17) is 0 Å². The number of carbonyl (C=O) groups excluding carboxylic acids is 2. The predicted octanol–water partition coefficient (Wildman–Crippen LogP) is 2.00. The highest BCUT2D eigenvalue weighted by molar-refractivity contribution is 5.81. The van der Waals surface area contributed by atoms with E-state index in [1.807, 2.05) is 24.6 Å². The average molecular weight is 349 g/mol. The molecule has 7 heteroatoms. The molecule has 0 unspecified atom stereocenters. The van der Waals surface area contributed by atoms with Gasteiger partial charge in [0.05, 0.1) is 12.2 Å². The molecule has 25 heavy (non-hydrogen) atoms. The fraction of sp³-hybridized carbons (Fsp3) is 0.722. The van der Waals surface area contributed by atoms with Crippen molar-refractivity contribution in [1.82, 2.24) is 25.1 Å². The first kappa shape index (κ1) is 19.3. The van der Waals surface area contributed by atoms with Crippen molar-refractivity contribution < 1.29 is 9.59 Å². The molecule has 2 rings (SSSR count). The van der Waals surface area contributed by atoms with Crippen molar-refractivity contribution >= 4 is 11.9 Å². The van der Waals surface area contributed by atoms with Gasteiger partial charge < -0.3 is 20.1 Å². The molecular weight excluding hydrogens is 318 g/mol. The Balaban J connectivity index is 1.85. The third-order valence-corrected chi connectivity index (χ3v) is 4.76.